The Bertz CT molecular complexity index is 913. The molecular weight excluding hydrogens is 404 g/mol. The summed E-state index contributed by atoms with van der Waals surface area (Å²) in [7, 11) is 2.92. The Kier molecular flexibility index (Phi) is 7.60. The number of nitrogens with one attached hydrogen (secondary N) is 1. The highest BCUT2D eigenvalue weighted by atomic mass is 16.6. The number of hydrogen-bond donors (Lipinski definition) is 1. The standard InChI is InChI=1S/C21H26N4O6/c1-29-9-10-31-19-12-17(25(27)28)16(11-18(19)30-2)21(26)23-14-15-5-6-20(22-13-15)24-7-3-4-8-24/h5-6,11-13H,3-4,7-10,14H2,1-2H3,(H,23,26). The second kappa shape index (κ2) is 10.6. The number of benzene rings is 1. The van der Waals surface area contributed by atoms with Gasteiger partial charge in [0.1, 0.15) is 18.0 Å². The van der Waals surface area contributed by atoms with E-state index in [9.17, 15) is 14.9 Å². The Morgan fingerprint density at radius 3 is 2.58 bits per heavy atom. The predicted octanol–water partition coefficient (Wildman–Crippen LogP) is 2.55. The lowest BCUT2D eigenvalue weighted by molar-refractivity contribution is -0.385. The van der Waals surface area contributed by atoms with Crippen molar-refractivity contribution in [1.29, 1.82) is 0 Å². The van der Waals surface area contributed by atoms with Crippen LogP contribution in [0.15, 0.2) is 30.5 Å². The van der Waals surface area contributed by atoms with Gasteiger partial charge in [0.25, 0.3) is 11.6 Å². The van der Waals surface area contributed by atoms with Gasteiger partial charge in [0.2, 0.25) is 0 Å². The van der Waals surface area contributed by atoms with Crippen molar-refractivity contribution in [2.45, 2.75) is 19.4 Å². The molecule has 1 saturated heterocycles. The molecule has 1 aromatic heterocycles. The van der Waals surface area contributed by atoms with E-state index >= 15 is 0 Å². The van der Waals surface area contributed by atoms with Crippen LogP contribution in [0.25, 0.3) is 0 Å². The quantitative estimate of drug-likeness (QED) is 0.347. The highest BCUT2D eigenvalue weighted by molar-refractivity contribution is 5.99. The van der Waals surface area contributed by atoms with Gasteiger partial charge in [-0.3, -0.25) is 14.9 Å². The average molecular weight is 430 g/mol. The highest BCUT2D eigenvalue weighted by Crippen LogP contribution is 2.34. The minimum absolute atomic E-state index is 0.109. The molecule has 1 aliphatic heterocycles. The van der Waals surface area contributed by atoms with Crippen LogP contribution in [-0.4, -0.2) is 56.3 Å². The van der Waals surface area contributed by atoms with Gasteiger partial charge in [0, 0.05) is 39.0 Å². The number of nitrogens with zero attached hydrogens (tertiary/aromatic N) is 3. The van der Waals surface area contributed by atoms with Gasteiger partial charge in [-0.2, -0.15) is 0 Å². The molecule has 10 heteroatoms. The van der Waals surface area contributed by atoms with Crippen LogP contribution >= 0.6 is 0 Å². The first-order valence-corrected chi connectivity index (χ1v) is 9.99. The molecule has 10 nitrogen and oxygen atoms in total. The second-order valence-electron chi connectivity index (χ2n) is 7.02. The number of nitro benzene ring substituents is 1. The molecule has 0 aliphatic carbocycles. The van der Waals surface area contributed by atoms with Crippen molar-refractivity contribution in [1.82, 2.24) is 10.3 Å². The zero-order valence-electron chi connectivity index (χ0n) is 17.6. The summed E-state index contributed by atoms with van der Waals surface area (Å²) in [4.78, 5) is 30.3. The lowest BCUT2D eigenvalue weighted by Crippen LogP contribution is -2.24. The van der Waals surface area contributed by atoms with Crippen molar-refractivity contribution in [3.8, 4) is 11.5 Å². The minimum Gasteiger partial charge on any atom is -0.493 e. The topological polar surface area (TPSA) is 116 Å². The first-order valence-electron chi connectivity index (χ1n) is 9.99. The maximum atomic E-state index is 12.7. The van der Waals surface area contributed by atoms with Crippen molar-refractivity contribution in [2.75, 3.05) is 45.4 Å². The first kappa shape index (κ1) is 22.3. The fourth-order valence-electron chi connectivity index (χ4n) is 3.32. The van der Waals surface area contributed by atoms with Crippen LogP contribution in [-0.2, 0) is 11.3 Å². The van der Waals surface area contributed by atoms with Gasteiger partial charge in [-0.15, -0.1) is 0 Å². The molecule has 1 aliphatic rings. The Morgan fingerprint density at radius 2 is 1.97 bits per heavy atom. The Labute approximate surface area is 180 Å². The molecule has 2 aromatic rings. The summed E-state index contributed by atoms with van der Waals surface area (Å²) in [6.07, 6.45) is 4.03. The fourth-order valence-corrected chi connectivity index (χ4v) is 3.32. The molecule has 166 valence electrons. The fraction of sp³-hybridized carbons (Fsp3) is 0.429. The number of aromatic nitrogens is 1. The molecule has 3 rings (SSSR count). The molecular formula is C21H26N4O6. The third kappa shape index (κ3) is 5.60. The number of carbonyl (C=O) groups excluding carboxylic acids is 1. The summed E-state index contributed by atoms with van der Waals surface area (Å²) >= 11 is 0. The first-order chi connectivity index (χ1) is 15.0. The number of methoxy groups -OCH3 is 2. The highest BCUT2D eigenvalue weighted by Gasteiger charge is 2.25. The summed E-state index contributed by atoms with van der Waals surface area (Å²) in [5.74, 6) is 0.724. The number of nitro groups is 1. The molecule has 1 aromatic carbocycles. The SMILES string of the molecule is COCCOc1cc([N+](=O)[O-])c(C(=O)NCc2ccc(N3CCCC3)nc2)cc1OC. The van der Waals surface area contributed by atoms with Gasteiger partial charge >= 0.3 is 0 Å². The molecule has 1 fully saturated rings. The lowest BCUT2D eigenvalue weighted by Gasteiger charge is -2.16. The van der Waals surface area contributed by atoms with Crippen molar-refractivity contribution in [3.05, 3.63) is 51.7 Å². The van der Waals surface area contributed by atoms with E-state index in [1.165, 1.54) is 26.4 Å². The lowest BCUT2D eigenvalue weighted by atomic mass is 10.1. The molecule has 1 N–H and O–H groups in total. The van der Waals surface area contributed by atoms with Gasteiger partial charge in [0.15, 0.2) is 11.5 Å². The third-order valence-corrected chi connectivity index (χ3v) is 4.96. The average Bonchev–Trinajstić information content (AvgIpc) is 3.32. The van der Waals surface area contributed by atoms with Crippen LogP contribution in [0.3, 0.4) is 0 Å². The van der Waals surface area contributed by atoms with E-state index in [0.29, 0.717) is 6.61 Å². The zero-order chi connectivity index (χ0) is 22.2. The van der Waals surface area contributed by atoms with Crippen LogP contribution in [0.2, 0.25) is 0 Å². The summed E-state index contributed by atoms with van der Waals surface area (Å²) in [5.41, 5.74) is 0.321. The Morgan fingerprint density at radius 1 is 1.19 bits per heavy atom. The van der Waals surface area contributed by atoms with Crippen LogP contribution in [0.4, 0.5) is 11.5 Å². The molecule has 0 atom stereocenters. The number of ether oxygens (including phenoxy) is 3. The summed E-state index contributed by atoms with van der Waals surface area (Å²) < 4.78 is 15.6. The molecule has 2 heterocycles. The number of amides is 1. The van der Waals surface area contributed by atoms with E-state index in [0.717, 1.165) is 37.3 Å². The van der Waals surface area contributed by atoms with Gasteiger partial charge in [-0.05, 0) is 24.5 Å². The maximum Gasteiger partial charge on any atom is 0.286 e. The second-order valence-corrected chi connectivity index (χ2v) is 7.02. The third-order valence-electron chi connectivity index (χ3n) is 4.96. The number of rotatable bonds is 10. The van der Waals surface area contributed by atoms with Crippen LogP contribution in [0, 0.1) is 10.1 Å². The van der Waals surface area contributed by atoms with Gasteiger partial charge in [-0.1, -0.05) is 6.07 Å². The normalized spacial score (nSPS) is 13.2. The Balaban J connectivity index is 1.71. The summed E-state index contributed by atoms with van der Waals surface area (Å²) in [6.45, 7) is 2.69. The number of anilines is 1. The van der Waals surface area contributed by atoms with E-state index in [4.69, 9.17) is 14.2 Å². The molecule has 0 spiro atoms. The van der Waals surface area contributed by atoms with Crippen molar-refractivity contribution in [2.24, 2.45) is 0 Å². The number of hydrogen-bond acceptors (Lipinski definition) is 8. The van der Waals surface area contributed by atoms with E-state index in [1.54, 1.807) is 6.20 Å². The van der Waals surface area contributed by atoms with Gasteiger partial charge in [0.05, 0.1) is 24.7 Å². The molecule has 0 unspecified atom stereocenters. The largest absolute Gasteiger partial charge is 0.493 e. The molecule has 1 amide bonds. The van der Waals surface area contributed by atoms with Crippen LogP contribution in [0.1, 0.15) is 28.8 Å². The van der Waals surface area contributed by atoms with Crippen molar-refractivity contribution < 1.29 is 23.9 Å². The van der Waals surface area contributed by atoms with E-state index in [2.05, 4.69) is 15.2 Å². The van der Waals surface area contributed by atoms with Gasteiger partial charge in [-0.25, -0.2) is 4.98 Å². The van der Waals surface area contributed by atoms with Crippen LogP contribution < -0.4 is 19.7 Å². The Hall–Kier alpha value is -3.40. The van der Waals surface area contributed by atoms with Crippen LogP contribution in [0.5, 0.6) is 11.5 Å². The number of pyridine rings is 1. The summed E-state index contributed by atoms with van der Waals surface area (Å²) in [5, 5.41) is 14.2. The smallest absolute Gasteiger partial charge is 0.286 e. The molecule has 0 saturated carbocycles. The molecule has 0 bridgehead atoms. The monoisotopic (exact) mass is 430 g/mol. The minimum atomic E-state index is -0.621. The van der Waals surface area contributed by atoms with E-state index in [1.807, 2.05) is 12.1 Å². The van der Waals surface area contributed by atoms with E-state index < -0.39 is 10.8 Å². The predicted molar refractivity (Wildman–Crippen MR) is 114 cm³/mol. The summed E-state index contributed by atoms with van der Waals surface area (Å²) in [6, 6.07) is 6.31. The molecule has 0 radical (unpaired) electrons. The molecule has 31 heavy (non-hydrogen) atoms. The maximum absolute atomic E-state index is 12.7. The number of carbonyl (C=O) groups is 1. The van der Waals surface area contributed by atoms with E-state index in [-0.39, 0.29) is 35.9 Å². The van der Waals surface area contributed by atoms with Crippen molar-refractivity contribution >= 4 is 17.4 Å². The van der Waals surface area contributed by atoms with Crippen molar-refractivity contribution in [3.63, 3.8) is 0 Å². The van der Waals surface area contributed by atoms with Gasteiger partial charge < -0.3 is 24.4 Å². The zero-order valence-corrected chi connectivity index (χ0v) is 17.6.